The summed E-state index contributed by atoms with van der Waals surface area (Å²) in [4.78, 5) is 17.4. The maximum Gasteiger partial charge on any atom is 0.268 e. The molecular weight excluding hydrogens is 367 g/mol. The van der Waals surface area contributed by atoms with Crippen LogP contribution in [0.5, 0.6) is 5.75 Å². The first-order valence-electron chi connectivity index (χ1n) is 8.35. The standard InChI is InChI=1S/C21H12ClFN2O2/c22-13-4-1-3-12(9-13)11-27-20-15-7-6-14(23)10-16(15)24-19-17-5-2-8-25(17)21(26)18(19)20/h1-10H,11H2. The number of benzene rings is 2. The molecule has 5 rings (SSSR count). The van der Waals surface area contributed by atoms with Crippen LogP contribution in [0, 0.1) is 5.82 Å². The molecule has 0 aliphatic carbocycles. The second-order valence-electron chi connectivity index (χ2n) is 6.31. The topological polar surface area (TPSA) is 44.1 Å². The van der Waals surface area contributed by atoms with Gasteiger partial charge >= 0.3 is 0 Å². The lowest BCUT2D eigenvalue weighted by Gasteiger charge is -2.13. The van der Waals surface area contributed by atoms with Crippen LogP contribution in [-0.4, -0.2) is 15.5 Å². The molecule has 0 saturated carbocycles. The molecule has 0 radical (unpaired) electrons. The molecule has 1 aliphatic rings. The first-order valence-corrected chi connectivity index (χ1v) is 8.72. The number of hydrogen-bond donors (Lipinski definition) is 0. The van der Waals surface area contributed by atoms with Gasteiger partial charge in [0.05, 0.1) is 11.2 Å². The molecule has 4 aromatic rings. The summed E-state index contributed by atoms with van der Waals surface area (Å²) in [6.45, 7) is 0.228. The number of aromatic nitrogens is 2. The highest BCUT2D eigenvalue weighted by Crippen LogP contribution is 2.41. The van der Waals surface area contributed by atoms with E-state index >= 15 is 0 Å². The zero-order valence-electron chi connectivity index (χ0n) is 13.9. The average Bonchev–Trinajstić information content (AvgIpc) is 3.22. The monoisotopic (exact) mass is 378 g/mol. The fraction of sp³-hybridized carbons (Fsp3) is 0.0476. The van der Waals surface area contributed by atoms with E-state index in [4.69, 9.17) is 16.3 Å². The minimum atomic E-state index is -0.393. The molecule has 2 aromatic heterocycles. The molecule has 0 unspecified atom stereocenters. The first-order chi connectivity index (χ1) is 13.1. The maximum atomic E-state index is 13.8. The third-order valence-electron chi connectivity index (χ3n) is 4.60. The zero-order chi connectivity index (χ0) is 18.5. The van der Waals surface area contributed by atoms with Gasteiger partial charge in [-0.25, -0.2) is 9.37 Å². The van der Waals surface area contributed by atoms with Gasteiger partial charge in [0.15, 0.2) is 0 Å². The average molecular weight is 379 g/mol. The Morgan fingerprint density at radius 3 is 2.85 bits per heavy atom. The van der Waals surface area contributed by atoms with Crippen LogP contribution in [0.3, 0.4) is 0 Å². The SMILES string of the molecule is O=C1c2c(nc3cc(F)ccc3c2OCc2cccc(Cl)c2)-c2cccn21. The number of halogens is 2. The number of hydrogen-bond acceptors (Lipinski definition) is 3. The highest BCUT2D eigenvalue weighted by Gasteiger charge is 2.32. The van der Waals surface area contributed by atoms with Gasteiger partial charge in [0.1, 0.15) is 29.4 Å². The van der Waals surface area contributed by atoms with E-state index in [0.29, 0.717) is 38.6 Å². The van der Waals surface area contributed by atoms with Crippen molar-refractivity contribution < 1.29 is 13.9 Å². The van der Waals surface area contributed by atoms with E-state index in [9.17, 15) is 9.18 Å². The molecule has 0 amide bonds. The summed E-state index contributed by atoms with van der Waals surface area (Å²) in [7, 11) is 0. The molecule has 0 N–H and O–H groups in total. The Hall–Kier alpha value is -3.18. The number of pyridine rings is 1. The number of ether oxygens (including phenoxy) is 1. The van der Waals surface area contributed by atoms with Crippen molar-refractivity contribution in [2.75, 3.05) is 0 Å². The lowest BCUT2D eigenvalue weighted by molar-refractivity contribution is 0.0965. The van der Waals surface area contributed by atoms with Crippen molar-refractivity contribution >= 4 is 28.4 Å². The molecule has 27 heavy (non-hydrogen) atoms. The van der Waals surface area contributed by atoms with E-state index < -0.39 is 5.82 Å². The molecule has 0 fully saturated rings. The van der Waals surface area contributed by atoms with Crippen molar-refractivity contribution in [2.24, 2.45) is 0 Å². The Balaban J connectivity index is 1.69. The van der Waals surface area contributed by atoms with Crippen molar-refractivity contribution in [2.45, 2.75) is 6.61 Å². The quantitative estimate of drug-likeness (QED) is 0.440. The summed E-state index contributed by atoms with van der Waals surface area (Å²) in [6, 6.07) is 15.2. The van der Waals surface area contributed by atoms with Crippen LogP contribution < -0.4 is 4.74 Å². The van der Waals surface area contributed by atoms with Gasteiger partial charge < -0.3 is 4.74 Å². The van der Waals surface area contributed by atoms with E-state index in [1.54, 1.807) is 30.5 Å². The van der Waals surface area contributed by atoms with Crippen molar-refractivity contribution in [1.29, 1.82) is 0 Å². The summed E-state index contributed by atoms with van der Waals surface area (Å²) >= 11 is 6.04. The summed E-state index contributed by atoms with van der Waals surface area (Å²) in [5, 5.41) is 1.20. The second-order valence-corrected chi connectivity index (χ2v) is 6.75. The Labute approximate surface area is 158 Å². The third kappa shape index (κ3) is 2.51. The van der Waals surface area contributed by atoms with Gasteiger partial charge in [-0.1, -0.05) is 23.7 Å². The number of carbonyl (C=O) groups excluding carboxylic acids is 1. The van der Waals surface area contributed by atoms with Gasteiger partial charge in [-0.05, 0) is 42.0 Å². The number of carbonyl (C=O) groups is 1. The Kier molecular flexibility index (Phi) is 3.52. The van der Waals surface area contributed by atoms with Crippen molar-refractivity contribution in [3.8, 4) is 17.1 Å². The van der Waals surface area contributed by atoms with Crippen LogP contribution in [0.15, 0.2) is 60.8 Å². The second kappa shape index (κ2) is 5.93. The van der Waals surface area contributed by atoms with Crippen molar-refractivity contribution in [3.05, 3.63) is 82.8 Å². The van der Waals surface area contributed by atoms with E-state index in [-0.39, 0.29) is 12.5 Å². The smallest absolute Gasteiger partial charge is 0.268 e. The largest absolute Gasteiger partial charge is 0.487 e. The molecule has 0 saturated heterocycles. The van der Waals surface area contributed by atoms with Gasteiger partial charge in [-0.2, -0.15) is 0 Å². The van der Waals surface area contributed by atoms with Gasteiger partial charge in [-0.15, -0.1) is 0 Å². The van der Waals surface area contributed by atoms with Gasteiger partial charge in [0.25, 0.3) is 5.91 Å². The molecular formula is C21H12ClFN2O2. The van der Waals surface area contributed by atoms with E-state index in [1.807, 2.05) is 18.2 Å². The summed E-state index contributed by atoms with van der Waals surface area (Å²) < 4.78 is 21.3. The highest BCUT2D eigenvalue weighted by atomic mass is 35.5. The molecule has 0 atom stereocenters. The Bertz CT molecular complexity index is 1230. The lowest BCUT2D eigenvalue weighted by atomic mass is 10.1. The van der Waals surface area contributed by atoms with Gasteiger partial charge in [0, 0.05) is 22.7 Å². The van der Waals surface area contributed by atoms with Crippen LogP contribution >= 0.6 is 11.6 Å². The summed E-state index contributed by atoms with van der Waals surface area (Å²) in [5.74, 6) is -0.191. The molecule has 4 nitrogen and oxygen atoms in total. The molecule has 0 bridgehead atoms. The molecule has 0 spiro atoms. The van der Waals surface area contributed by atoms with E-state index in [1.165, 1.54) is 16.7 Å². The van der Waals surface area contributed by atoms with Crippen molar-refractivity contribution in [1.82, 2.24) is 9.55 Å². The molecule has 3 heterocycles. The van der Waals surface area contributed by atoms with Crippen LogP contribution in [0.1, 0.15) is 15.9 Å². The zero-order valence-corrected chi connectivity index (χ0v) is 14.7. The maximum absolute atomic E-state index is 13.8. The number of nitrogens with zero attached hydrogens (tertiary/aromatic N) is 2. The van der Waals surface area contributed by atoms with E-state index in [2.05, 4.69) is 4.98 Å². The number of rotatable bonds is 3. The van der Waals surface area contributed by atoms with Gasteiger partial charge in [-0.3, -0.25) is 9.36 Å². The van der Waals surface area contributed by atoms with E-state index in [0.717, 1.165) is 5.56 Å². The molecule has 1 aliphatic heterocycles. The molecule has 6 heteroatoms. The number of fused-ring (bicyclic) bond motifs is 4. The highest BCUT2D eigenvalue weighted by molar-refractivity contribution is 6.30. The predicted molar refractivity (Wildman–Crippen MR) is 101 cm³/mol. The minimum Gasteiger partial charge on any atom is -0.487 e. The summed E-state index contributed by atoms with van der Waals surface area (Å²) in [5.41, 5.74) is 2.88. The normalized spacial score (nSPS) is 12.3. The molecule has 132 valence electrons. The molecule has 2 aromatic carbocycles. The third-order valence-corrected chi connectivity index (χ3v) is 4.83. The Morgan fingerprint density at radius 2 is 2.00 bits per heavy atom. The van der Waals surface area contributed by atoms with Crippen LogP contribution in [0.4, 0.5) is 4.39 Å². The summed E-state index contributed by atoms with van der Waals surface area (Å²) in [6.07, 6.45) is 1.69. The fourth-order valence-corrected chi connectivity index (χ4v) is 3.61. The Morgan fingerprint density at radius 1 is 1.11 bits per heavy atom. The lowest BCUT2D eigenvalue weighted by Crippen LogP contribution is -2.08. The minimum absolute atomic E-state index is 0.204. The van der Waals surface area contributed by atoms with Gasteiger partial charge in [0.2, 0.25) is 0 Å². The van der Waals surface area contributed by atoms with Crippen molar-refractivity contribution in [3.63, 3.8) is 0 Å². The first kappa shape index (κ1) is 16.0. The van der Waals surface area contributed by atoms with Crippen LogP contribution in [-0.2, 0) is 6.61 Å². The predicted octanol–water partition coefficient (Wildman–Crippen LogP) is 5.08. The van der Waals surface area contributed by atoms with Crippen LogP contribution in [0.2, 0.25) is 5.02 Å². The van der Waals surface area contributed by atoms with Crippen LogP contribution in [0.25, 0.3) is 22.3 Å². The fourth-order valence-electron chi connectivity index (χ4n) is 3.40.